The molecule has 0 bridgehead atoms. The molecule has 17 heavy (non-hydrogen) atoms. The molecular weight excluding hydrogens is 222 g/mol. The molecule has 7 heteroatoms. The second-order valence-electron chi connectivity index (χ2n) is 4.43. The Labute approximate surface area is 99.1 Å². The van der Waals surface area contributed by atoms with Crippen molar-refractivity contribution in [2.75, 3.05) is 18.4 Å². The molecule has 0 spiro atoms. The van der Waals surface area contributed by atoms with Crippen LogP contribution in [0.15, 0.2) is 6.20 Å². The lowest BCUT2D eigenvalue weighted by molar-refractivity contribution is -0.388. The SMILES string of the molecule is CC(Nc1cn[nH]c1[N+](=O)[O-])C1CCCNC1. The zero-order valence-electron chi connectivity index (χ0n) is 9.77. The molecule has 3 N–H and O–H groups in total. The number of aromatic nitrogens is 2. The molecule has 0 radical (unpaired) electrons. The Kier molecular flexibility index (Phi) is 3.58. The first-order chi connectivity index (χ1) is 8.18. The summed E-state index contributed by atoms with van der Waals surface area (Å²) in [5.74, 6) is 0.430. The predicted octanol–water partition coefficient (Wildman–Crippen LogP) is 1.12. The van der Waals surface area contributed by atoms with Gasteiger partial charge in [0, 0.05) is 6.04 Å². The summed E-state index contributed by atoms with van der Waals surface area (Å²) in [7, 11) is 0. The van der Waals surface area contributed by atoms with Gasteiger partial charge in [0.1, 0.15) is 6.20 Å². The molecule has 1 aliphatic rings. The molecule has 2 heterocycles. The minimum absolute atomic E-state index is 0.0689. The molecule has 7 nitrogen and oxygen atoms in total. The van der Waals surface area contributed by atoms with Crippen LogP contribution in [0.5, 0.6) is 0 Å². The second kappa shape index (κ2) is 5.13. The van der Waals surface area contributed by atoms with E-state index in [-0.39, 0.29) is 11.9 Å². The van der Waals surface area contributed by atoms with E-state index in [1.54, 1.807) is 0 Å². The summed E-state index contributed by atoms with van der Waals surface area (Å²) in [5, 5.41) is 23.3. The number of rotatable bonds is 4. The van der Waals surface area contributed by atoms with E-state index in [9.17, 15) is 10.1 Å². The van der Waals surface area contributed by atoms with Gasteiger partial charge < -0.3 is 20.7 Å². The number of piperidine rings is 1. The summed E-state index contributed by atoms with van der Waals surface area (Å²) in [5.41, 5.74) is 0.466. The maximum Gasteiger partial charge on any atom is 0.366 e. The van der Waals surface area contributed by atoms with E-state index in [1.165, 1.54) is 6.20 Å². The van der Waals surface area contributed by atoms with Crippen LogP contribution >= 0.6 is 0 Å². The Morgan fingerprint density at radius 2 is 2.53 bits per heavy atom. The van der Waals surface area contributed by atoms with Crippen LogP contribution < -0.4 is 10.6 Å². The summed E-state index contributed by atoms with van der Waals surface area (Å²) in [6, 6.07) is 0.194. The normalized spacial score (nSPS) is 22.1. The molecular formula is C10H17N5O2. The van der Waals surface area contributed by atoms with Gasteiger partial charge >= 0.3 is 5.82 Å². The van der Waals surface area contributed by atoms with Gasteiger partial charge in [-0.15, -0.1) is 5.10 Å². The fraction of sp³-hybridized carbons (Fsp3) is 0.700. The average molecular weight is 239 g/mol. The quantitative estimate of drug-likeness (QED) is 0.540. The van der Waals surface area contributed by atoms with Crippen molar-refractivity contribution >= 4 is 11.5 Å². The topological polar surface area (TPSA) is 95.9 Å². The van der Waals surface area contributed by atoms with Gasteiger partial charge in [-0.05, 0) is 43.7 Å². The maximum absolute atomic E-state index is 10.7. The molecule has 0 aromatic carbocycles. The highest BCUT2D eigenvalue weighted by molar-refractivity contribution is 5.56. The summed E-state index contributed by atoms with van der Waals surface area (Å²) in [6.07, 6.45) is 3.77. The highest BCUT2D eigenvalue weighted by Gasteiger charge is 2.23. The van der Waals surface area contributed by atoms with E-state index in [2.05, 4.69) is 20.8 Å². The highest BCUT2D eigenvalue weighted by atomic mass is 16.6. The van der Waals surface area contributed by atoms with Crippen LogP contribution in [0.1, 0.15) is 19.8 Å². The predicted molar refractivity (Wildman–Crippen MR) is 63.9 cm³/mol. The van der Waals surface area contributed by atoms with Crippen molar-refractivity contribution in [2.45, 2.75) is 25.8 Å². The number of hydrogen-bond donors (Lipinski definition) is 3. The molecule has 2 rings (SSSR count). The van der Waals surface area contributed by atoms with Crippen LogP contribution in [-0.4, -0.2) is 34.3 Å². The fourth-order valence-electron chi connectivity index (χ4n) is 2.19. The Morgan fingerprint density at radius 3 is 3.18 bits per heavy atom. The lowest BCUT2D eigenvalue weighted by atomic mass is 9.93. The van der Waals surface area contributed by atoms with E-state index in [1.807, 2.05) is 6.92 Å². The Bertz CT molecular complexity index is 386. The molecule has 2 unspecified atom stereocenters. The van der Waals surface area contributed by atoms with E-state index >= 15 is 0 Å². The van der Waals surface area contributed by atoms with Crippen molar-refractivity contribution in [1.29, 1.82) is 0 Å². The van der Waals surface area contributed by atoms with Crippen molar-refractivity contribution < 1.29 is 4.92 Å². The lowest BCUT2D eigenvalue weighted by Crippen LogP contribution is -2.38. The van der Waals surface area contributed by atoms with Gasteiger partial charge in [-0.1, -0.05) is 5.10 Å². The molecule has 2 atom stereocenters. The molecule has 1 saturated heterocycles. The van der Waals surface area contributed by atoms with E-state index in [0.29, 0.717) is 11.6 Å². The Hall–Kier alpha value is -1.63. The largest absolute Gasteiger partial charge is 0.374 e. The first-order valence-electron chi connectivity index (χ1n) is 5.83. The van der Waals surface area contributed by atoms with Crippen molar-refractivity contribution in [1.82, 2.24) is 15.5 Å². The van der Waals surface area contributed by atoms with Crippen molar-refractivity contribution in [2.24, 2.45) is 5.92 Å². The van der Waals surface area contributed by atoms with Gasteiger partial charge in [-0.25, -0.2) is 0 Å². The maximum atomic E-state index is 10.7. The zero-order valence-corrected chi connectivity index (χ0v) is 9.77. The molecule has 0 aliphatic carbocycles. The van der Waals surface area contributed by atoms with E-state index in [0.717, 1.165) is 25.9 Å². The van der Waals surface area contributed by atoms with Gasteiger partial charge in [0.25, 0.3) is 0 Å². The molecule has 1 aromatic heterocycles. The van der Waals surface area contributed by atoms with Gasteiger partial charge in [0.2, 0.25) is 0 Å². The van der Waals surface area contributed by atoms with E-state index < -0.39 is 4.92 Å². The standard InChI is InChI=1S/C10H17N5O2/c1-7(8-3-2-4-11-5-8)13-9-6-12-14-10(9)15(16)17/h6-8,11,13H,2-5H2,1H3,(H,12,14). The smallest absolute Gasteiger partial charge is 0.366 e. The number of hydrogen-bond acceptors (Lipinski definition) is 5. The minimum Gasteiger partial charge on any atom is -0.374 e. The number of nitrogens with one attached hydrogen (secondary N) is 3. The third kappa shape index (κ3) is 2.73. The van der Waals surface area contributed by atoms with Crippen molar-refractivity contribution in [3.05, 3.63) is 16.3 Å². The number of H-pyrrole nitrogens is 1. The summed E-state index contributed by atoms with van der Waals surface area (Å²) in [6.45, 7) is 4.07. The van der Waals surface area contributed by atoms with Gasteiger partial charge in [-0.2, -0.15) is 0 Å². The molecule has 94 valence electrons. The number of nitrogens with zero attached hydrogens (tertiary/aromatic N) is 2. The molecule has 0 saturated carbocycles. The van der Waals surface area contributed by atoms with Crippen molar-refractivity contribution in [3.63, 3.8) is 0 Å². The fourth-order valence-corrected chi connectivity index (χ4v) is 2.19. The minimum atomic E-state index is -0.457. The van der Waals surface area contributed by atoms with Gasteiger partial charge in [0.05, 0.1) is 0 Å². The molecule has 0 amide bonds. The van der Waals surface area contributed by atoms with Gasteiger partial charge in [-0.3, -0.25) is 0 Å². The Balaban J connectivity index is 1.99. The second-order valence-corrected chi connectivity index (χ2v) is 4.43. The van der Waals surface area contributed by atoms with Crippen LogP contribution in [0.25, 0.3) is 0 Å². The monoisotopic (exact) mass is 239 g/mol. The molecule has 1 aromatic rings. The summed E-state index contributed by atoms with van der Waals surface area (Å²) >= 11 is 0. The molecule has 1 fully saturated rings. The number of aromatic amines is 1. The number of anilines is 1. The van der Waals surface area contributed by atoms with Crippen molar-refractivity contribution in [3.8, 4) is 0 Å². The van der Waals surface area contributed by atoms with E-state index in [4.69, 9.17) is 0 Å². The first kappa shape index (κ1) is 11.8. The van der Waals surface area contributed by atoms with Crippen LogP contribution in [0.3, 0.4) is 0 Å². The average Bonchev–Trinajstić information content (AvgIpc) is 2.78. The van der Waals surface area contributed by atoms with Crippen LogP contribution in [0.2, 0.25) is 0 Å². The lowest BCUT2D eigenvalue weighted by Gasteiger charge is -2.28. The van der Waals surface area contributed by atoms with Crippen LogP contribution in [0.4, 0.5) is 11.5 Å². The van der Waals surface area contributed by atoms with Gasteiger partial charge in [0.15, 0.2) is 5.69 Å². The first-order valence-corrected chi connectivity index (χ1v) is 5.83. The summed E-state index contributed by atoms with van der Waals surface area (Å²) in [4.78, 5) is 10.3. The zero-order chi connectivity index (χ0) is 12.3. The van der Waals surface area contributed by atoms with Crippen LogP contribution in [0, 0.1) is 16.0 Å². The molecule has 1 aliphatic heterocycles. The highest BCUT2D eigenvalue weighted by Crippen LogP contribution is 2.24. The third-order valence-electron chi connectivity index (χ3n) is 3.23. The van der Waals surface area contributed by atoms with Crippen LogP contribution in [-0.2, 0) is 0 Å². The number of nitro groups is 1. The Morgan fingerprint density at radius 1 is 1.71 bits per heavy atom. The summed E-state index contributed by atoms with van der Waals surface area (Å²) < 4.78 is 0. The third-order valence-corrected chi connectivity index (χ3v) is 3.23.